The van der Waals surface area contributed by atoms with Gasteiger partial charge in [0.1, 0.15) is 0 Å². The van der Waals surface area contributed by atoms with Crippen LogP contribution in [0.5, 0.6) is 0 Å². The third-order valence-electron chi connectivity index (χ3n) is 4.81. The van der Waals surface area contributed by atoms with Crippen LogP contribution in [-0.4, -0.2) is 34.7 Å². The predicted octanol–water partition coefficient (Wildman–Crippen LogP) is 3.83. The van der Waals surface area contributed by atoms with Gasteiger partial charge in [-0.1, -0.05) is 18.2 Å². The van der Waals surface area contributed by atoms with Crippen molar-refractivity contribution in [3.63, 3.8) is 0 Å². The molecule has 5 heteroatoms. The molecule has 1 atom stereocenters. The number of likely N-dealkylation sites (tertiary alicyclic amines) is 1. The number of aliphatic hydroxyl groups excluding tert-OH is 1. The van der Waals surface area contributed by atoms with E-state index in [0.717, 1.165) is 37.5 Å². The molecule has 0 bridgehead atoms. The Morgan fingerprint density at radius 1 is 1.33 bits per heavy atom. The molecule has 0 aliphatic carbocycles. The second-order valence-electron chi connectivity index (χ2n) is 6.71. The van der Waals surface area contributed by atoms with Gasteiger partial charge in [0, 0.05) is 29.9 Å². The molecule has 1 aliphatic heterocycles. The topological polar surface area (TPSA) is 48.4 Å². The molecule has 2 N–H and O–H groups in total. The maximum absolute atomic E-state index is 9.29. The summed E-state index contributed by atoms with van der Waals surface area (Å²) in [6.07, 6.45) is 4.17. The maximum atomic E-state index is 9.29. The molecule has 3 rings (SSSR count). The first kappa shape index (κ1) is 17.4. The van der Waals surface area contributed by atoms with Gasteiger partial charge >= 0.3 is 0 Å². The van der Waals surface area contributed by atoms with Crippen LogP contribution in [0.25, 0.3) is 0 Å². The van der Waals surface area contributed by atoms with Crippen molar-refractivity contribution in [3.05, 3.63) is 45.9 Å². The number of piperidine rings is 1. The predicted molar refractivity (Wildman–Crippen MR) is 100 cm³/mol. The largest absolute Gasteiger partial charge is 0.396 e. The molecule has 4 nitrogen and oxygen atoms in total. The summed E-state index contributed by atoms with van der Waals surface area (Å²) < 4.78 is 0. The lowest BCUT2D eigenvalue weighted by atomic mass is 9.97. The van der Waals surface area contributed by atoms with Gasteiger partial charge in [0.15, 0.2) is 0 Å². The first-order valence-corrected chi connectivity index (χ1v) is 9.57. The van der Waals surface area contributed by atoms with Crippen LogP contribution in [0.3, 0.4) is 0 Å². The van der Waals surface area contributed by atoms with E-state index in [4.69, 9.17) is 0 Å². The van der Waals surface area contributed by atoms with Crippen molar-refractivity contribution in [2.75, 3.05) is 25.0 Å². The molecule has 2 aromatic rings. The number of rotatable bonds is 6. The minimum atomic E-state index is 0.262. The lowest BCUT2D eigenvalue weighted by molar-refractivity contribution is 0.127. The van der Waals surface area contributed by atoms with Crippen molar-refractivity contribution in [2.24, 2.45) is 5.92 Å². The smallest absolute Gasteiger partial charge is 0.0897 e. The number of nitrogens with zero attached hydrogens (tertiary/aromatic N) is 2. The Hall–Kier alpha value is -1.43. The zero-order valence-electron chi connectivity index (χ0n) is 14.5. The average Bonchev–Trinajstić information content (AvgIpc) is 3.04. The van der Waals surface area contributed by atoms with E-state index >= 15 is 0 Å². The number of hydrogen-bond acceptors (Lipinski definition) is 5. The van der Waals surface area contributed by atoms with Crippen molar-refractivity contribution in [1.82, 2.24) is 9.88 Å². The van der Waals surface area contributed by atoms with Gasteiger partial charge in [0.2, 0.25) is 0 Å². The Morgan fingerprint density at radius 2 is 2.08 bits per heavy atom. The quantitative estimate of drug-likeness (QED) is 0.835. The van der Waals surface area contributed by atoms with E-state index in [0.29, 0.717) is 12.5 Å². The fraction of sp³-hybridized carbons (Fsp3) is 0.526. The van der Waals surface area contributed by atoms with Gasteiger partial charge in [-0.15, -0.1) is 11.3 Å². The highest BCUT2D eigenvalue weighted by molar-refractivity contribution is 7.11. The van der Waals surface area contributed by atoms with E-state index in [-0.39, 0.29) is 6.04 Å². The summed E-state index contributed by atoms with van der Waals surface area (Å²) in [5, 5.41) is 14.1. The molecule has 1 saturated heterocycles. The van der Waals surface area contributed by atoms with Crippen LogP contribution in [0.1, 0.15) is 41.3 Å². The van der Waals surface area contributed by atoms with Crippen molar-refractivity contribution in [3.8, 4) is 0 Å². The van der Waals surface area contributed by atoms with Crippen LogP contribution in [0.2, 0.25) is 0 Å². The van der Waals surface area contributed by atoms with Gasteiger partial charge in [-0.2, -0.15) is 0 Å². The molecular formula is C19H27N3OS. The molecule has 0 amide bonds. The molecule has 0 spiro atoms. The van der Waals surface area contributed by atoms with E-state index in [1.165, 1.54) is 16.1 Å². The molecule has 1 fully saturated rings. The number of thiazole rings is 1. The highest BCUT2D eigenvalue weighted by Crippen LogP contribution is 2.27. The summed E-state index contributed by atoms with van der Waals surface area (Å²) in [6.45, 7) is 7.68. The average molecular weight is 346 g/mol. The minimum Gasteiger partial charge on any atom is -0.396 e. The summed E-state index contributed by atoms with van der Waals surface area (Å²) >= 11 is 1.75. The van der Waals surface area contributed by atoms with Crippen LogP contribution in [0.15, 0.2) is 30.5 Å². The first-order chi connectivity index (χ1) is 11.7. The third-order valence-corrected chi connectivity index (χ3v) is 5.91. The lowest BCUT2D eigenvalue weighted by Gasteiger charge is -2.31. The van der Waals surface area contributed by atoms with Crippen LogP contribution in [0.4, 0.5) is 5.69 Å². The van der Waals surface area contributed by atoms with Crippen LogP contribution >= 0.6 is 11.3 Å². The van der Waals surface area contributed by atoms with E-state index in [9.17, 15) is 5.11 Å². The summed E-state index contributed by atoms with van der Waals surface area (Å²) in [5.74, 6) is 0.490. The highest BCUT2D eigenvalue weighted by Gasteiger charge is 2.19. The second-order valence-corrected chi connectivity index (χ2v) is 7.97. The summed E-state index contributed by atoms with van der Waals surface area (Å²) in [7, 11) is 0. The molecule has 1 unspecified atom stereocenters. The van der Waals surface area contributed by atoms with E-state index < -0.39 is 0 Å². The van der Waals surface area contributed by atoms with Gasteiger partial charge in [-0.05, 0) is 57.3 Å². The monoisotopic (exact) mass is 345 g/mol. The molecule has 1 aromatic heterocycles. The fourth-order valence-corrected chi connectivity index (χ4v) is 4.04. The van der Waals surface area contributed by atoms with Gasteiger partial charge in [-0.3, -0.25) is 4.90 Å². The summed E-state index contributed by atoms with van der Waals surface area (Å²) in [5.41, 5.74) is 2.55. The molecule has 0 saturated carbocycles. The van der Waals surface area contributed by atoms with E-state index in [1.807, 2.05) is 13.1 Å². The minimum absolute atomic E-state index is 0.262. The number of hydrogen-bond donors (Lipinski definition) is 2. The van der Waals surface area contributed by atoms with Gasteiger partial charge in [0.05, 0.1) is 11.0 Å². The Bertz CT molecular complexity index is 650. The Morgan fingerprint density at radius 3 is 2.75 bits per heavy atom. The zero-order valence-corrected chi connectivity index (χ0v) is 15.4. The van der Waals surface area contributed by atoms with Crippen LogP contribution in [0, 0.1) is 12.8 Å². The van der Waals surface area contributed by atoms with Crippen LogP contribution < -0.4 is 5.32 Å². The van der Waals surface area contributed by atoms with Gasteiger partial charge in [0.25, 0.3) is 0 Å². The molecule has 0 radical (unpaired) electrons. The maximum Gasteiger partial charge on any atom is 0.0897 e. The Labute approximate surface area is 148 Å². The second kappa shape index (κ2) is 8.10. The molecule has 2 heterocycles. The SMILES string of the molecule is Cc1ncc(C(C)Nc2ccccc2CN2CCC(CO)CC2)s1. The van der Waals surface area contributed by atoms with Crippen molar-refractivity contribution in [2.45, 2.75) is 39.3 Å². The van der Waals surface area contributed by atoms with Crippen molar-refractivity contribution >= 4 is 17.0 Å². The molecular weight excluding hydrogens is 318 g/mol. The lowest BCUT2D eigenvalue weighted by Crippen LogP contribution is -2.34. The Balaban J connectivity index is 1.65. The van der Waals surface area contributed by atoms with Crippen LogP contribution in [-0.2, 0) is 6.54 Å². The molecule has 1 aliphatic rings. The van der Waals surface area contributed by atoms with Gasteiger partial charge in [-0.25, -0.2) is 4.98 Å². The molecule has 130 valence electrons. The van der Waals surface area contributed by atoms with Gasteiger partial charge < -0.3 is 10.4 Å². The number of anilines is 1. The first-order valence-electron chi connectivity index (χ1n) is 8.75. The summed E-state index contributed by atoms with van der Waals surface area (Å²) in [4.78, 5) is 8.12. The number of para-hydroxylation sites is 1. The van der Waals surface area contributed by atoms with Crippen molar-refractivity contribution in [1.29, 1.82) is 0 Å². The van der Waals surface area contributed by atoms with Crippen molar-refractivity contribution < 1.29 is 5.11 Å². The number of aromatic nitrogens is 1. The van der Waals surface area contributed by atoms with E-state index in [1.54, 1.807) is 11.3 Å². The normalized spacial score (nSPS) is 17.8. The number of aliphatic hydroxyl groups is 1. The number of benzene rings is 1. The molecule has 24 heavy (non-hydrogen) atoms. The molecule has 1 aromatic carbocycles. The number of aryl methyl sites for hydroxylation is 1. The number of nitrogens with one attached hydrogen (secondary N) is 1. The third kappa shape index (κ3) is 4.35. The fourth-order valence-electron chi connectivity index (χ4n) is 3.25. The van der Waals surface area contributed by atoms with E-state index in [2.05, 4.69) is 46.4 Å². The summed E-state index contributed by atoms with van der Waals surface area (Å²) in [6, 6.07) is 8.85. The zero-order chi connectivity index (χ0) is 16.9. The standard InChI is InChI=1S/C19H27N3OS/c1-14(19-11-20-15(2)24-19)21-18-6-4-3-5-17(18)12-22-9-7-16(13-23)8-10-22/h3-6,11,14,16,21,23H,7-10,12-13H2,1-2H3. The highest BCUT2D eigenvalue weighted by atomic mass is 32.1. The Kier molecular flexibility index (Phi) is 5.87.